The van der Waals surface area contributed by atoms with Crippen LogP contribution in [0.25, 0.3) is 22.2 Å². The molecular formula is C15H15N3O2. The molecule has 0 saturated carbocycles. The zero-order chi connectivity index (χ0) is 14.1. The van der Waals surface area contributed by atoms with Crippen LogP contribution in [0.15, 0.2) is 30.5 Å². The number of aryl methyl sites for hydroxylation is 2. The number of carbonyl (C=O) groups is 1. The summed E-state index contributed by atoms with van der Waals surface area (Å²) in [4.78, 5) is 14.1. The summed E-state index contributed by atoms with van der Waals surface area (Å²) >= 11 is 0. The number of para-hydroxylation sites is 1. The van der Waals surface area contributed by atoms with Gasteiger partial charge in [0.25, 0.3) is 0 Å². The molecule has 0 aliphatic carbocycles. The second-order valence-corrected chi connectivity index (χ2v) is 4.83. The van der Waals surface area contributed by atoms with Gasteiger partial charge in [0.15, 0.2) is 0 Å². The molecule has 1 aromatic carbocycles. The Balaban J connectivity index is 2.09. The zero-order valence-corrected chi connectivity index (χ0v) is 11.1. The number of nitrogens with zero attached hydrogens (tertiary/aromatic N) is 1. The topological polar surface area (TPSA) is 81.8 Å². The average Bonchev–Trinajstić information content (AvgIpc) is 2.98. The predicted molar refractivity (Wildman–Crippen MR) is 76.6 cm³/mol. The molecule has 0 atom stereocenters. The van der Waals surface area contributed by atoms with Gasteiger partial charge in [0, 0.05) is 28.6 Å². The van der Waals surface area contributed by atoms with Crippen LogP contribution in [0.1, 0.15) is 17.7 Å². The fourth-order valence-corrected chi connectivity index (χ4v) is 2.56. The lowest BCUT2D eigenvalue weighted by atomic mass is 10.0. The normalized spacial score (nSPS) is 11.1. The number of aliphatic carboxylic acids is 1. The van der Waals surface area contributed by atoms with Crippen molar-refractivity contribution in [3.8, 4) is 11.3 Å². The van der Waals surface area contributed by atoms with E-state index < -0.39 is 5.97 Å². The lowest BCUT2D eigenvalue weighted by Crippen LogP contribution is -1.98. The maximum atomic E-state index is 10.7. The minimum Gasteiger partial charge on any atom is -0.481 e. The molecule has 20 heavy (non-hydrogen) atoms. The summed E-state index contributed by atoms with van der Waals surface area (Å²) in [5, 5.41) is 17.0. The van der Waals surface area contributed by atoms with Crippen molar-refractivity contribution in [2.24, 2.45) is 0 Å². The number of rotatable bonds is 4. The molecule has 0 saturated heterocycles. The van der Waals surface area contributed by atoms with Gasteiger partial charge < -0.3 is 10.1 Å². The molecule has 0 fully saturated rings. The van der Waals surface area contributed by atoms with Gasteiger partial charge in [-0.25, -0.2) is 0 Å². The van der Waals surface area contributed by atoms with Crippen molar-refractivity contribution in [2.45, 2.75) is 19.8 Å². The first-order valence-electron chi connectivity index (χ1n) is 6.48. The van der Waals surface area contributed by atoms with Gasteiger partial charge in [-0.1, -0.05) is 18.2 Å². The molecule has 3 rings (SSSR count). The summed E-state index contributed by atoms with van der Waals surface area (Å²) in [6.45, 7) is 2.01. The highest BCUT2D eigenvalue weighted by Gasteiger charge is 2.16. The number of carboxylic acid groups (broad SMARTS) is 1. The van der Waals surface area contributed by atoms with Gasteiger partial charge in [0.05, 0.1) is 11.9 Å². The molecule has 2 heterocycles. The summed E-state index contributed by atoms with van der Waals surface area (Å²) in [6.07, 6.45) is 2.29. The van der Waals surface area contributed by atoms with Gasteiger partial charge in [-0.05, 0) is 25.0 Å². The Morgan fingerprint density at radius 2 is 2.15 bits per heavy atom. The second kappa shape index (κ2) is 4.85. The molecule has 3 N–H and O–H groups in total. The number of nitrogens with one attached hydrogen (secondary N) is 2. The summed E-state index contributed by atoms with van der Waals surface area (Å²) in [7, 11) is 0. The third-order valence-electron chi connectivity index (χ3n) is 3.47. The molecule has 5 nitrogen and oxygen atoms in total. The van der Waals surface area contributed by atoms with Crippen molar-refractivity contribution in [1.29, 1.82) is 0 Å². The molecule has 0 spiro atoms. The van der Waals surface area contributed by atoms with E-state index in [1.54, 1.807) is 6.20 Å². The summed E-state index contributed by atoms with van der Waals surface area (Å²) < 4.78 is 0. The Morgan fingerprint density at radius 3 is 2.95 bits per heavy atom. The number of benzene rings is 1. The molecule has 0 amide bonds. The van der Waals surface area contributed by atoms with Crippen LogP contribution in [0.3, 0.4) is 0 Å². The van der Waals surface area contributed by atoms with Gasteiger partial charge >= 0.3 is 5.97 Å². The molecule has 0 bridgehead atoms. The van der Waals surface area contributed by atoms with Crippen molar-refractivity contribution in [1.82, 2.24) is 15.2 Å². The van der Waals surface area contributed by atoms with Crippen LogP contribution in [-0.4, -0.2) is 26.3 Å². The van der Waals surface area contributed by atoms with Crippen molar-refractivity contribution < 1.29 is 9.90 Å². The molecule has 102 valence electrons. The minimum absolute atomic E-state index is 0.105. The fourth-order valence-electron chi connectivity index (χ4n) is 2.56. The van der Waals surface area contributed by atoms with Crippen LogP contribution in [0.4, 0.5) is 0 Å². The van der Waals surface area contributed by atoms with E-state index in [1.807, 2.05) is 25.1 Å². The molecular weight excluding hydrogens is 254 g/mol. The van der Waals surface area contributed by atoms with E-state index in [1.165, 1.54) is 0 Å². The van der Waals surface area contributed by atoms with Gasteiger partial charge in [-0.15, -0.1) is 0 Å². The first kappa shape index (κ1) is 12.5. The number of hydrogen-bond acceptors (Lipinski definition) is 2. The quantitative estimate of drug-likeness (QED) is 0.681. The highest BCUT2D eigenvalue weighted by molar-refractivity contribution is 5.97. The average molecular weight is 269 g/mol. The Morgan fingerprint density at radius 1 is 1.35 bits per heavy atom. The van der Waals surface area contributed by atoms with Crippen LogP contribution < -0.4 is 0 Å². The SMILES string of the molecule is Cc1[nH]c2ccccc2c1-c1[nH]ncc1CCC(=O)O. The van der Waals surface area contributed by atoms with Crippen molar-refractivity contribution in [3.63, 3.8) is 0 Å². The number of H-pyrrole nitrogens is 2. The molecule has 0 aliphatic rings. The number of carboxylic acids is 1. The lowest BCUT2D eigenvalue weighted by Gasteiger charge is -2.02. The molecule has 0 aliphatic heterocycles. The van der Waals surface area contributed by atoms with Crippen molar-refractivity contribution in [3.05, 3.63) is 41.7 Å². The Bertz CT molecular complexity index is 770. The van der Waals surface area contributed by atoms with E-state index in [0.29, 0.717) is 6.42 Å². The van der Waals surface area contributed by atoms with Crippen LogP contribution in [0.5, 0.6) is 0 Å². The Hall–Kier alpha value is -2.56. The predicted octanol–water partition coefficient (Wildman–Crippen LogP) is 2.88. The maximum Gasteiger partial charge on any atom is 0.303 e. The van der Waals surface area contributed by atoms with E-state index >= 15 is 0 Å². The summed E-state index contributed by atoms with van der Waals surface area (Å²) in [6, 6.07) is 8.06. The minimum atomic E-state index is -0.798. The van der Waals surface area contributed by atoms with E-state index in [-0.39, 0.29) is 6.42 Å². The monoisotopic (exact) mass is 269 g/mol. The highest BCUT2D eigenvalue weighted by atomic mass is 16.4. The largest absolute Gasteiger partial charge is 0.481 e. The second-order valence-electron chi connectivity index (χ2n) is 4.83. The van der Waals surface area contributed by atoms with E-state index in [4.69, 9.17) is 5.11 Å². The van der Waals surface area contributed by atoms with Crippen molar-refractivity contribution >= 4 is 16.9 Å². The van der Waals surface area contributed by atoms with Crippen LogP contribution in [0.2, 0.25) is 0 Å². The van der Waals surface area contributed by atoms with Gasteiger partial charge in [-0.2, -0.15) is 5.10 Å². The van der Waals surface area contributed by atoms with E-state index in [9.17, 15) is 4.79 Å². The maximum absolute atomic E-state index is 10.7. The number of fused-ring (bicyclic) bond motifs is 1. The molecule has 5 heteroatoms. The summed E-state index contributed by atoms with van der Waals surface area (Å²) in [5.41, 5.74) is 5.02. The van der Waals surface area contributed by atoms with Crippen LogP contribution in [0, 0.1) is 6.92 Å². The molecule has 2 aromatic heterocycles. The first-order valence-corrected chi connectivity index (χ1v) is 6.48. The molecule has 3 aromatic rings. The van der Waals surface area contributed by atoms with Gasteiger partial charge in [0.1, 0.15) is 0 Å². The number of hydrogen-bond donors (Lipinski definition) is 3. The first-order chi connectivity index (χ1) is 9.66. The standard InChI is InChI=1S/C15H15N3O2/c1-9-14(11-4-2-3-5-12(11)17-9)15-10(8-16-18-15)6-7-13(19)20/h2-5,8,17H,6-7H2,1H3,(H,16,18)(H,19,20). The van der Waals surface area contributed by atoms with Crippen LogP contribution >= 0.6 is 0 Å². The zero-order valence-electron chi connectivity index (χ0n) is 11.1. The van der Waals surface area contributed by atoms with E-state index in [2.05, 4.69) is 21.2 Å². The van der Waals surface area contributed by atoms with E-state index in [0.717, 1.165) is 33.4 Å². The van der Waals surface area contributed by atoms with Gasteiger partial charge in [0.2, 0.25) is 0 Å². The highest BCUT2D eigenvalue weighted by Crippen LogP contribution is 2.33. The molecule has 0 unspecified atom stereocenters. The van der Waals surface area contributed by atoms with Gasteiger partial charge in [-0.3, -0.25) is 9.89 Å². The Labute approximate surface area is 115 Å². The third kappa shape index (κ3) is 2.07. The van der Waals surface area contributed by atoms with Crippen molar-refractivity contribution in [2.75, 3.05) is 0 Å². The smallest absolute Gasteiger partial charge is 0.303 e. The lowest BCUT2D eigenvalue weighted by molar-refractivity contribution is -0.136. The summed E-state index contributed by atoms with van der Waals surface area (Å²) in [5.74, 6) is -0.798. The number of aromatic nitrogens is 3. The molecule has 0 radical (unpaired) electrons. The third-order valence-corrected chi connectivity index (χ3v) is 3.47. The van der Waals surface area contributed by atoms with Crippen LogP contribution in [-0.2, 0) is 11.2 Å². The number of aromatic amines is 2. The fraction of sp³-hybridized carbons (Fsp3) is 0.200. The Kier molecular flexibility index (Phi) is 3.02.